The van der Waals surface area contributed by atoms with Crippen LogP contribution < -0.4 is 16.0 Å². The SMILES string of the molecule is CCNC(=O)c1ccc(N)c(N2CCC(C(C)O)CC2)c1. The Morgan fingerprint density at radius 3 is 2.71 bits per heavy atom. The number of nitrogen functional groups attached to an aromatic ring is 1. The maximum absolute atomic E-state index is 11.9. The third kappa shape index (κ3) is 3.67. The van der Waals surface area contributed by atoms with Gasteiger partial charge in [-0.2, -0.15) is 0 Å². The molecule has 4 N–H and O–H groups in total. The van der Waals surface area contributed by atoms with Crippen LogP contribution in [0.25, 0.3) is 0 Å². The summed E-state index contributed by atoms with van der Waals surface area (Å²) in [6, 6.07) is 5.41. The number of anilines is 2. The van der Waals surface area contributed by atoms with E-state index in [1.807, 2.05) is 19.9 Å². The summed E-state index contributed by atoms with van der Waals surface area (Å²) in [7, 11) is 0. The van der Waals surface area contributed by atoms with E-state index < -0.39 is 0 Å². The molecule has 21 heavy (non-hydrogen) atoms. The van der Waals surface area contributed by atoms with Gasteiger partial charge in [0.1, 0.15) is 0 Å². The summed E-state index contributed by atoms with van der Waals surface area (Å²) in [6.45, 7) is 6.08. The standard InChI is InChI=1S/C16H25N3O2/c1-3-18-16(21)13-4-5-14(17)15(10-13)19-8-6-12(7-9-19)11(2)20/h4-5,10-12,20H,3,6-9,17H2,1-2H3,(H,18,21). The Hall–Kier alpha value is -1.75. The molecule has 0 saturated carbocycles. The van der Waals surface area contributed by atoms with Crippen LogP contribution in [0.15, 0.2) is 18.2 Å². The lowest BCUT2D eigenvalue weighted by atomic mass is 9.92. The van der Waals surface area contributed by atoms with E-state index in [1.54, 1.807) is 12.1 Å². The number of aliphatic hydroxyl groups is 1. The fourth-order valence-corrected chi connectivity index (χ4v) is 2.84. The molecule has 1 atom stereocenters. The van der Waals surface area contributed by atoms with Crippen LogP contribution in [0.3, 0.4) is 0 Å². The van der Waals surface area contributed by atoms with Gasteiger partial charge in [-0.1, -0.05) is 0 Å². The molecule has 2 rings (SSSR count). The van der Waals surface area contributed by atoms with Crippen LogP contribution in [0, 0.1) is 5.92 Å². The van der Waals surface area contributed by atoms with E-state index in [2.05, 4.69) is 10.2 Å². The molecule has 1 aromatic rings. The number of carbonyl (C=O) groups excluding carboxylic acids is 1. The van der Waals surface area contributed by atoms with Gasteiger partial charge in [0.15, 0.2) is 0 Å². The second-order valence-electron chi connectivity index (χ2n) is 5.70. The maximum Gasteiger partial charge on any atom is 0.251 e. The van der Waals surface area contributed by atoms with Crippen molar-refractivity contribution in [2.45, 2.75) is 32.8 Å². The van der Waals surface area contributed by atoms with Gasteiger partial charge in [0.05, 0.1) is 17.5 Å². The molecule has 1 amide bonds. The van der Waals surface area contributed by atoms with Gasteiger partial charge in [0.2, 0.25) is 0 Å². The molecule has 1 saturated heterocycles. The van der Waals surface area contributed by atoms with Gasteiger partial charge in [-0.15, -0.1) is 0 Å². The number of piperidine rings is 1. The van der Waals surface area contributed by atoms with Crippen molar-refractivity contribution in [3.63, 3.8) is 0 Å². The Morgan fingerprint density at radius 2 is 2.14 bits per heavy atom. The Bertz CT molecular complexity index is 494. The van der Waals surface area contributed by atoms with Crippen LogP contribution in [-0.2, 0) is 0 Å². The van der Waals surface area contributed by atoms with Gasteiger partial charge < -0.3 is 21.1 Å². The molecule has 1 fully saturated rings. The summed E-state index contributed by atoms with van der Waals surface area (Å²) in [4.78, 5) is 14.1. The first-order valence-corrected chi connectivity index (χ1v) is 7.63. The highest BCUT2D eigenvalue weighted by molar-refractivity contribution is 5.96. The molecule has 5 nitrogen and oxygen atoms in total. The number of nitrogens with two attached hydrogens (primary N) is 1. The third-order valence-corrected chi connectivity index (χ3v) is 4.19. The molecule has 0 aromatic heterocycles. The summed E-state index contributed by atoms with van der Waals surface area (Å²) in [5.41, 5.74) is 8.32. The number of hydrogen-bond acceptors (Lipinski definition) is 4. The Kier molecular flexibility index (Phi) is 5.07. The molecule has 0 bridgehead atoms. The van der Waals surface area contributed by atoms with E-state index in [9.17, 15) is 9.90 Å². The van der Waals surface area contributed by atoms with E-state index in [0.717, 1.165) is 31.6 Å². The van der Waals surface area contributed by atoms with Crippen molar-refractivity contribution < 1.29 is 9.90 Å². The number of nitrogens with one attached hydrogen (secondary N) is 1. The van der Waals surface area contributed by atoms with Gasteiger partial charge in [0, 0.05) is 25.2 Å². The number of aliphatic hydroxyl groups excluding tert-OH is 1. The number of rotatable bonds is 4. The van der Waals surface area contributed by atoms with Crippen molar-refractivity contribution in [3.8, 4) is 0 Å². The number of nitrogens with zero attached hydrogens (tertiary/aromatic N) is 1. The zero-order valence-corrected chi connectivity index (χ0v) is 12.8. The van der Waals surface area contributed by atoms with Crippen LogP contribution >= 0.6 is 0 Å². The third-order valence-electron chi connectivity index (χ3n) is 4.19. The monoisotopic (exact) mass is 291 g/mol. The largest absolute Gasteiger partial charge is 0.397 e. The Labute approximate surface area is 126 Å². The van der Waals surface area contributed by atoms with E-state index in [0.29, 0.717) is 23.7 Å². The molecule has 1 aliphatic rings. The van der Waals surface area contributed by atoms with Crippen LogP contribution in [0.5, 0.6) is 0 Å². The van der Waals surface area contributed by atoms with Crippen molar-refractivity contribution in [2.75, 3.05) is 30.3 Å². The average molecular weight is 291 g/mol. The van der Waals surface area contributed by atoms with E-state index in [-0.39, 0.29) is 12.0 Å². The van der Waals surface area contributed by atoms with Gasteiger partial charge >= 0.3 is 0 Å². The highest BCUT2D eigenvalue weighted by Gasteiger charge is 2.24. The van der Waals surface area contributed by atoms with Crippen LogP contribution in [-0.4, -0.2) is 36.8 Å². The number of amides is 1. The summed E-state index contributed by atoms with van der Waals surface area (Å²) < 4.78 is 0. The van der Waals surface area contributed by atoms with E-state index >= 15 is 0 Å². The second kappa shape index (κ2) is 6.80. The normalized spacial score (nSPS) is 17.6. The van der Waals surface area contributed by atoms with Gasteiger partial charge in [-0.25, -0.2) is 0 Å². The molecule has 1 aromatic carbocycles. The van der Waals surface area contributed by atoms with Crippen molar-refractivity contribution in [3.05, 3.63) is 23.8 Å². The first-order valence-electron chi connectivity index (χ1n) is 7.63. The summed E-state index contributed by atoms with van der Waals surface area (Å²) >= 11 is 0. The molecule has 1 aliphatic heterocycles. The molecular weight excluding hydrogens is 266 g/mol. The predicted molar refractivity (Wildman–Crippen MR) is 85.5 cm³/mol. The maximum atomic E-state index is 11.9. The van der Waals surface area contributed by atoms with E-state index in [4.69, 9.17) is 5.73 Å². The summed E-state index contributed by atoms with van der Waals surface area (Å²) in [6.07, 6.45) is 1.64. The quantitative estimate of drug-likeness (QED) is 0.737. The molecule has 5 heteroatoms. The molecule has 1 heterocycles. The highest BCUT2D eigenvalue weighted by Crippen LogP contribution is 2.30. The lowest BCUT2D eigenvalue weighted by molar-refractivity contribution is 0.0956. The second-order valence-corrected chi connectivity index (χ2v) is 5.70. The fourth-order valence-electron chi connectivity index (χ4n) is 2.84. The molecule has 0 aliphatic carbocycles. The number of carbonyl (C=O) groups is 1. The molecular formula is C16H25N3O2. The minimum Gasteiger partial charge on any atom is -0.397 e. The van der Waals surface area contributed by atoms with Gasteiger partial charge in [-0.05, 0) is 50.8 Å². The van der Waals surface area contributed by atoms with Crippen molar-refractivity contribution in [1.29, 1.82) is 0 Å². The molecule has 116 valence electrons. The Morgan fingerprint density at radius 1 is 1.48 bits per heavy atom. The van der Waals surface area contributed by atoms with E-state index in [1.165, 1.54) is 0 Å². The van der Waals surface area contributed by atoms with Crippen LogP contribution in [0.2, 0.25) is 0 Å². The highest BCUT2D eigenvalue weighted by atomic mass is 16.3. The van der Waals surface area contributed by atoms with Crippen LogP contribution in [0.4, 0.5) is 11.4 Å². The van der Waals surface area contributed by atoms with Crippen molar-refractivity contribution in [1.82, 2.24) is 5.32 Å². The zero-order valence-electron chi connectivity index (χ0n) is 12.8. The first-order chi connectivity index (χ1) is 10.0. The lowest BCUT2D eigenvalue weighted by Crippen LogP contribution is -2.37. The molecule has 0 radical (unpaired) electrons. The topological polar surface area (TPSA) is 78.6 Å². The van der Waals surface area contributed by atoms with Gasteiger partial charge in [0.25, 0.3) is 5.91 Å². The van der Waals surface area contributed by atoms with Gasteiger partial charge in [-0.3, -0.25) is 4.79 Å². The smallest absolute Gasteiger partial charge is 0.251 e. The van der Waals surface area contributed by atoms with Crippen LogP contribution in [0.1, 0.15) is 37.0 Å². The fraction of sp³-hybridized carbons (Fsp3) is 0.562. The first kappa shape index (κ1) is 15.6. The number of benzene rings is 1. The minimum atomic E-state index is -0.258. The molecule has 0 spiro atoms. The average Bonchev–Trinajstić information content (AvgIpc) is 2.48. The predicted octanol–water partition coefficient (Wildman–Crippen LogP) is 1.62. The summed E-state index contributed by atoms with van der Waals surface area (Å²) in [5.74, 6) is 0.284. The number of hydrogen-bond donors (Lipinski definition) is 3. The summed E-state index contributed by atoms with van der Waals surface area (Å²) in [5, 5.41) is 12.5. The van der Waals surface area contributed by atoms with Crippen molar-refractivity contribution >= 4 is 17.3 Å². The lowest BCUT2D eigenvalue weighted by Gasteiger charge is -2.35. The Balaban J connectivity index is 2.13. The minimum absolute atomic E-state index is 0.0717. The van der Waals surface area contributed by atoms with Crippen molar-refractivity contribution in [2.24, 2.45) is 5.92 Å². The molecule has 1 unspecified atom stereocenters. The zero-order chi connectivity index (χ0) is 15.4.